The maximum absolute atomic E-state index is 12.5. The van der Waals surface area contributed by atoms with E-state index in [-0.39, 0.29) is 11.5 Å². The Bertz CT molecular complexity index is 704. The fourth-order valence-electron chi connectivity index (χ4n) is 8.75. The summed E-state index contributed by atoms with van der Waals surface area (Å²) in [6.45, 7) is 8.88. The van der Waals surface area contributed by atoms with Crippen LogP contribution in [0, 0.1) is 22.7 Å². The second-order valence-corrected chi connectivity index (χ2v) is 14.1. The number of rotatable bonds is 17. The molecule has 0 radical (unpaired) electrons. The Hall–Kier alpha value is -1.26. The van der Waals surface area contributed by atoms with Gasteiger partial charge in [-0.2, -0.15) is 0 Å². The van der Waals surface area contributed by atoms with Gasteiger partial charge in [-0.05, 0) is 61.7 Å². The van der Waals surface area contributed by atoms with Crippen LogP contribution in [-0.2, 0) is 14.6 Å². The fourth-order valence-corrected chi connectivity index (χ4v) is 8.75. The van der Waals surface area contributed by atoms with E-state index >= 15 is 0 Å². The summed E-state index contributed by atoms with van der Waals surface area (Å²) in [7, 11) is 0. The molecular weight excluding hydrogens is 462 g/mol. The van der Waals surface area contributed by atoms with Crippen molar-refractivity contribution in [3.05, 3.63) is 0 Å². The van der Waals surface area contributed by atoms with Gasteiger partial charge in [0, 0.05) is 5.54 Å². The van der Waals surface area contributed by atoms with Crippen molar-refractivity contribution in [3.63, 3.8) is 0 Å². The van der Waals surface area contributed by atoms with Crippen LogP contribution in [0.5, 0.6) is 0 Å². The summed E-state index contributed by atoms with van der Waals surface area (Å²) in [5.41, 5.74) is 0.409. The first-order chi connectivity index (χ1) is 17.7. The smallest absolute Gasteiger partial charge is 0.313 e. The monoisotopic (exact) mass is 519 g/mol. The third-order valence-electron chi connectivity index (χ3n) is 9.59. The molecule has 214 valence electrons. The molecule has 0 saturated heterocycles. The van der Waals surface area contributed by atoms with Crippen LogP contribution in [0.3, 0.4) is 0 Å². The number of amides is 1. The van der Waals surface area contributed by atoms with Gasteiger partial charge in [-0.3, -0.25) is 0 Å². The number of unbranched alkanes of at least 4 members (excludes halogenated alkanes) is 13. The zero-order chi connectivity index (χ0) is 26.8. The third kappa shape index (κ3) is 9.77. The largest absolute Gasteiger partial charge is 0.450 e. The van der Waals surface area contributed by atoms with Crippen LogP contribution < -0.4 is 5.32 Å². The van der Waals surface area contributed by atoms with E-state index in [0.717, 1.165) is 38.5 Å². The number of carbonyl (C=O) groups excluding carboxylic acids is 2. The number of carbonyl (C=O) groups is 2. The van der Waals surface area contributed by atoms with E-state index in [9.17, 15) is 9.59 Å². The summed E-state index contributed by atoms with van der Waals surface area (Å²) in [4.78, 5) is 34.8. The molecule has 0 spiro atoms. The van der Waals surface area contributed by atoms with E-state index in [2.05, 4.69) is 26.1 Å². The van der Waals surface area contributed by atoms with Gasteiger partial charge in [-0.15, -0.1) is 0 Å². The summed E-state index contributed by atoms with van der Waals surface area (Å²) < 4.78 is 0. The zero-order valence-electron chi connectivity index (χ0n) is 24.6. The predicted octanol–water partition coefficient (Wildman–Crippen LogP) is 9.43. The van der Waals surface area contributed by atoms with Crippen LogP contribution in [-0.4, -0.2) is 17.6 Å². The van der Waals surface area contributed by atoms with Crippen molar-refractivity contribution in [2.45, 2.75) is 168 Å². The van der Waals surface area contributed by atoms with Gasteiger partial charge in [0.1, 0.15) is 0 Å². The lowest BCUT2D eigenvalue weighted by molar-refractivity contribution is -0.238. The van der Waals surface area contributed by atoms with Gasteiger partial charge in [-0.1, -0.05) is 118 Å². The van der Waals surface area contributed by atoms with Crippen LogP contribution >= 0.6 is 0 Å². The lowest BCUT2D eigenvalue weighted by Crippen LogP contribution is -2.65. The third-order valence-corrected chi connectivity index (χ3v) is 9.59. The van der Waals surface area contributed by atoms with Gasteiger partial charge < -0.3 is 5.32 Å². The molecule has 4 aliphatic rings. The van der Waals surface area contributed by atoms with E-state index < -0.39 is 12.1 Å². The molecule has 4 rings (SSSR count). The Morgan fingerprint density at radius 3 is 1.70 bits per heavy atom. The highest BCUT2D eigenvalue weighted by Gasteiger charge is 2.60. The van der Waals surface area contributed by atoms with Crippen molar-refractivity contribution in [1.82, 2.24) is 5.32 Å². The van der Waals surface area contributed by atoms with Crippen LogP contribution in [0.25, 0.3) is 0 Å². The average Bonchev–Trinajstić information content (AvgIpc) is 2.80. The van der Waals surface area contributed by atoms with Crippen molar-refractivity contribution in [3.8, 4) is 0 Å². The maximum atomic E-state index is 12.5. The SMILES string of the molecule is CCCCCCCCCCCCCCCCC(C)C(=O)OOC(=O)NC12CC3C[C@@](C)(C1)C[C@](C)(C3)C2. The van der Waals surface area contributed by atoms with Crippen molar-refractivity contribution >= 4 is 12.1 Å². The van der Waals surface area contributed by atoms with Gasteiger partial charge in [0.15, 0.2) is 0 Å². The Morgan fingerprint density at radius 2 is 1.22 bits per heavy atom. The first kappa shape index (κ1) is 30.3. The highest BCUT2D eigenvalue weighted by molar-refractivity contribution is 5.74. The molecule has 5 atom stereocenters. The van der Waals surface area contributed by atoms with Gasteiger partial charge >= 0.3 is 12.1 Å². The Kier molecular flexibility index (Phi) is 11.6. The first-order valence-corrected chi connectivity index (χ1v) is 15.9. The first-order valence-electron chi connectivity index (χ1n) is 15.9. The number of hydrogen-bond donors (Lipinski definition) is 1. The Labute approximate surface area is 227 Å². The molecule has 0 heterocycles. The van der Waals surface area contributed by atoms with Gasteiger partial charge in [0.2, 0.25) is 0 Å². The quantitative estimate of drug-likeness (QED) is 0.118. The fraction of sp³-hybridized carbons (Fsp3) is 0.938. The topological polar surface area (TPSA) is 64.6 Å². The average molecular weight is 520 g/mol. The number of hydrogen-bond acceptors (Lipinski definition) is 4. The minimum atomic E-state index is -0.605. The van der Waals surface area contributed by atoms with Crippen molar-refractivity contribution in [2.75, 3.05) is 0 Å². The Morgan fingerprint density at radius 1 is 0.730 bits per heavy atom. The molecule has 4 aliphatic carbocycles. The van der Waals surface area contributed by atoms with E-state index in [1.54, 1.807) is 0 Å². The van der Waals surface area contributed by atoms with Gasteiger partial charge in [0.25, 0.3) is 0 Å². The lowest BCUT2D eigenvalue weighted by Gasteiger charge is -2.65. The highest BCUT2D eigenvalue weighted by Crippen LogP contribution is 2.66. The van der Waals surface area contributed by atoms with Gasteiger partial charge in [-0.25, -0.2) is 19.4 Å². The lowest BCUT2D eigenvalue weighted by atomic mass is 9.43. The molecule has 5 nitrogen and oxygen atoms in total. The molecule has 3 unspecified atom stereocenters. The predicted molar refractivity (Wildman–Crippen MR) is 150 cm³/mol. The highest BCUT2D eigenvalue weighted by atomic mass is 17.2. The van der Waals surface area contributed by atoms with Crippen LogP contribution in [0.15, 0.2) is 0 Å². The molecule has 1 N–H and O–H groups in total. The molecule has 4 bridgehead atoms. The van der Waals surface area contributed by atoms with Crippen molar-refractivity contribution in [2.24, 2.45) is 22.7 Å². The van der Waals surface area contributed by atoms with Crippen LogP contribution in [0.2, 0.25) is 0 Å². The van der Waals surface area contributed by atoms with E-state index in [1.165, 1.54) is 96.3 Å². The molecule has 4 saturated carbocycles. The standard InChI is InChI=1S/C32H57NO4/c1-5-6-7-8-9-10-11-12-13-14-15-16-17-18-19-26(2)28(34)36-37-29(35)33-32-22-27-20-30(3,24-32)23-31(4,21-27)25-32/h26-27H,5-25H2,1-4H3,(H,33,35)/t26?,27?,30-,31+,32?. The zero-order valence-corrected chi connectivity index (χ0v) is 24.6. The molecular formula is C32H57NO4. The van der Waals surface area contributed by atoms with E-state index in [4.69, 9.17) is 9.78 Å². The second-order valence-electron chi connectivity index (χ2n) is 14.1. The molecule has 5 heteroatoms. The van der Waals surface area contributed by atoms with Crippen LogP contribution in [0.1, 0.15) is 163 Å². The summed E-state index contributed by atoms with van der Waals surface area (Å²) in [6, 6.07) is 0. The van der Waals surface area contributed by atoms with Gasteiger partial charge in [0.05, 0.1) is 5.92 Å². The summed E-state index contributed by atoms with van der Waals surface area (Å²) >= 11 is 0. The molecule has 37 heavy (non-hydrogen) atoms. The molecule has 1 amide bonds. The van der Waals surface area contributed by atoms with E-state index in [1.807, 2.05) is 6.92 Å². The second kappa shape index (κ2) is 14.2. The minimum Gasteiger partial charge on any atom is -0.313 e. The Balaban J connectivity index is 1.18. The summed E-state index contributed by atoms with van der Waals surface area (Å²) in [6.07, 6.45) is 25.5. The van der Waals surface area contributed by atoms with Crippen LogP contribution in [0.4, 0.5) is 4.79 Å². The molecule has 4 fully saturated rings. The van der Waals surface area contributed by atoms with Crippen molar-refractivity contribution < 1.29 is 19.4 Å². The molecule has 0 aromatic rings. The minimum absolute atomic E-state index is 0.202. The molecule has 0 aromatic carbocycles. The van der Waals surface area contributed by atoms with Crippen molar-refractivity contribution in [1.29, 1.82) is 0 Å². The molecule has 0 aliphatic heterocycles. The summed E-state index contributed by atoms with van der Waals surface area (Å²) in [5, 5.41) is 3.13. The van der Waals surface area contributed by atoms with E-state index in [0.29, 0.717) is 16.7 Å². The molecule has 0 aromatic heterocycles. The number of nitrogens with one attached hydrogen (secondary N) is 1. The normalized spacial score (nSPS) is 30.8. The maximum Gasteiger partial charge on any atom is 0.450 e. The summed E-state index contributed by atoms with van der Waals surface area (Å²) in [5.74, 6) is -0.00370.